The molecular formula is C34H33N5O3S. The summed E-state index contributed by atoms with van der Waals surface area (Å²) in [5.74, 6) is 0.145. The van der Waals surface area contributed by atoms with Gasteiger partial charge in [-0.15, -0.1) is 0 Å². The van der Waals surface area contributed by atoms with Crippen LogP contribution in [0.15, 0.2) is 84.3 Å². The lowest BCUT2D eigenvalue weighted by atomic mass is 9.78. The fourth-order valence-corrected chi connectivity index (χ4v) is 8.40. The van der Waals surface area contributed by atoms with E-state index in [9.17, 15) is 9.00 Å². The second kappa shape index (κ2) is 10.3. The molecule has 1 saturated carbocycles. The van der Waals surface area contributed by atoms with Crippen molar-refractivity contribution in [2.75, 3.05) is 18.6 Å². The van der Waals surface area contributed by atoms with Crippen LogP contribution < -0.4 is 4.90 Å². The van der Waals surface area contributed by atoms with Crippen molar-refractivity contribution in [2.24, 2.45) is 0 Å². The first-order valence-corrected chi connectivity index (χ1v) is 16.2. The van der Waals surface area contributed by atoms with Gasteiger partial charge in [-0.2, -0.15) is 5.10 Å². The predicted molar refractivity (Wildman–Crippen MR) is 167 cm³/mol. The summed E-state index contributed by atoms with van der Waals surface area (Å²) in [4.78, 5) is 21.1. The van der Waals surface area contributed by atoms with E-state index in [4.69, 9.17) is 9.72 Å². The van der Waals surface area contributed by atoms with Crippen LogP contribution in [0, 0.1) is 0 Å². The number of nitrogens with zero attached hydrogens (tertiary/aromatic N) is 5. The topological polar surface area (TPSA) is 82.2 Å². The highest BCUT2D eigenvalue weighted by molar-refractivity contribution is 7.83. The zero-order chi connectivity index (χ0) is 29.1. The lowest BCUT2D eigenvalue weighted by Crippen LogP contribution is -2.36. The number of ether oxygens (including phenoxy) is 1. The second-order valence-corrected chi connectivity index (χ2v) is 13.3. The van der Waals surface area contributed by atoms with Gasteiger partial charge in [0, 0.05) is 48.1 Å². The normalized spacial score (nSPS) is 20.3. The smallest absolute Gasteiger partial charge is 0.237 e. The van der Waals surface area contributed by atoms with Crippen molar-refractivity contribution in [1.29, 1.82) is 0 Å². The zero-order valence-electron chi connectivity index (χ0n) is 24.1. The molecule has 0 N–H and O–H groups in total. The van der Waals surface area contributed by atoms with E-state index in [1.807, 2.05) is 54.5 Å². The fraction of sp³-hybridized carbons (Fsp3) is 0.324. The quantitative estimate of drug-likeness (QED) is 0.229. The molecule has 8 nitrogen and oxygen atoms in total. The van der Waals surface area contributed by atoms with Crippen molar-refractivity contribution in [1.82, 2.24) is 18.7 Å². The van der Waals surface area contributed by atoms with E-state index >= 15 is 0 Å². The molecule has 1 spiro atoms. The van der Waals surface area contributed by atoms with Gasteiger partial charge >= 0.3 is 0 Å². The number of carbonyl (C=O) groups is 1. The number of likely N-dealkylation sites (N-methyl/N-ethyl adjacent to an activating group) is 1. The molecule has 3 aliphatic rings. The molecule has 1 amide bonds. The monoisotopic (exact) mass is 591 g/mol. The number of carbonyl (C=O) groups excluding carboxylic acids is 1. The SMILES string of the molecule is CN1C(=O)C2(CCCC2)c2c1cnc1c2c(-c2ccc(-c3cnn(C4CCCCO4)c3)cc2)cn1S(=O)c1ccccc1. The average molecular weight is 592 g/mol. The lowest BCUT2D eigenvalue weighted by molar-refractivity contribution is -0.122. The fourth-order valence-electron chi connectivity index (χ4n) is 7.29. The molecule has 5 aromatic rings. The Balaban J connectivity index is 1.27. The molecule has 3 aromatic heterocycles. The molecule has 2 atom stereocenters. The van der Waals surface area contributed by atoms with Crippen LogP contribution in [0.2, 0.25) is 0 Å². The van der Waals surface area contributed by atoms with Crippen LogP contribution in [-0.4, -0.2) is 42.5 Å². The van der Waals surface area contributed by atoms with Crippen LogP contribution in [-0.2, 0) is 25.9 Å². The van der Waals surface area contributed by atoms with E-state index in [-0.39, 0.29) is 12.1 Å². The maximum atomic E-state index is 14.0. The summed E-state index contributed by atoms with van der Waals surface area (Å²) in [5.41, 5.74) is 6.01. The minimum Gasteiger partial charge on any atom is -0.357 e. The van der Waals surface area contributed by atoms with Gasteiger partial charge in [-0.05, 0) is 55.4 Å². The molecule has 1 saturated heterocycles. The Bertz CT molecular complexity index is 1870. The molecule has 2 aromatic carbocycles. The Morgan fingerprint density at radius 2 is 1.67 bits per heavy atom. The molecule has 2 aliphatic heterocycles. The number of pyridine rings is 1. The Labute approximate surface area is 252 Å². The maximum absolute atomic E-state index is 14.0. The van der Waals surface area contributed by atoms with Gasteiger partial charge in [-0.1, -0.05) is 55.3 Å². The predicted octanol–water partition coefficient (Wildman–Crippen LogP) is 6.63. The van der Waals surface area contributed by atoms with Gasteiger partial charge in [0.25, 0.3) is 0 Å². The van der Waals surface area contributed by atoms with E-state index in [0.717, 1.165) is 90.4 Å². The Kier molecular flexibility index (Phi) is 6.34. The van der Waals surface area contributed by atoms with Gasteiger partial charge in [0.15, 0.2) is 16.6 Å². The number of amides is 1. The molecular weight excluding hydrogens is 558 g/mol. The highest BCUT2D eigenvalue weighted by Gasteiger charge is 2.53. The summed E-state index contributed by atoms with van der Waals surface area (Å²) in [6.07, 6.45) is 14.6. The van der Waals surface area contributed by atoms with Gasteiger partial charge < -0.3 is 9.64 Å². The summed E-state index contributed by atoms with van der Waals surface area (Å²) in [5, 5.41) is 5.52. The van der Waals surface area contributed by atoms with E-state index in [1.54, 1.807) is 15.1 Å². The van der Waals surface area contributed by atoms with E-state index < -0.39 is 16.4 Å². The molecule has 8 rings (SSSR count). The van der Waals surface area contributed by atoms with Crippen molar-refractivity contribution >= 4 is 33.6 Å². The lowest BCUT2D eigenvalue weighted by Gasteiger charge is -2.22. The first-order valence-electron chi connectivity index (χ1n) is 15.1. The largest absolute Gasteiger partial charge is 0.357 e. The second-order valence-electron chi connectivity index (χ2n) is 11.9. The molecule has 5 heterocycles. The molecule has 43 heavy (non-hydrogen) atoms. The van der Waals surface area contributed by atoms with Gasteiger partial charge in [0.1, 0.15) is 6.23 Å². The molecule has 0 radical (unpaired) electrons. The standard InChI is InChI=1S/C34H33N5O3S/c1-37-28-20-35-32-30(31(28)34(33(37)40)16-6-7-17-34)27(22-39(32)43(41)26-9-3-2-4-10-26)24-14-12-23(13-15-24)25-19-36-38(21-25)29-11-5-8-18-42-29/h2-4,9-10,12-15,19-22,29H,5-8,11,16-18H2,1H3. The third kappa shape index (κ3) is 4.12. The van der Waals surface area contributed by atoms with E-state index in [0.29, 0.717) is 10.5 Å². The summed E-state index contributed by atoms with van der Waals surface area (Å²) in [7, 11) is 0.352. The number of rotatable bonds is 5. The number of hydrogen-bond acceptors (Lipinski definition) is 5. The number of benzene rings is 2. The van der Waals surface area contributed by atoms with Crippen LogP contribution in [0.25, 0.3) is 33.3 Å². The average Bonchev–Trinajstić information content (AvgIpc) is 3.86. The summed E-state index contributed by atoms with van der Waals surface area (Å²) in [6, 6.07) is 17.9. The van der Waals surface area contributed by atoms with Crippen molar-refractivity contribution in [3.05, 3.63) is 84.9 Å². The molecule has 0 bridgehead atoms. The molecule has 9 heteroatoms. The number of aromatic nitrogens is 4. The van der Waals surface area contributed by atoms with Crippen LogP contribution in [0.1, 0.15) is 56.7 Å². The highest BCUT2D eigenvalue weighted by Crippen LogP contribution is 2.54. The van der Waals surface area contributed by atoms with Crippen molar-refractivity contribution < 1.29 is 13.7 Å². The summed E-state index contributed by atoms with van der Waals surface area (Å²) >= 11 is 0. The number of hydrogen-bond donors (Lipinski definition) is 0. The molecule has 218 valence electrons. The Morgan fingerprint density at radius 1 is 0.907 bits per heavy atom. The number of anilines is 1. The zero-order valence-corrected chi connectivity index (χ0v) is 24.9. The van der Waals surface area contributed by atoms with Gasteiger partial charge in [-0.25, -0.2) is 17.8 Å². The molecule has 2 unspecified atom stereocenters. The molecule has 1 aliphatic carbocycles. The maximum Gasteiger partial charge on any atom is 0.237 e. The third-order valence-corrected chi connectivity index (χ3v) is 10.8. The van der Waals surface area contributed by atoms with Gasteiger partial charge in [0.05, 0.1) is 28.4 Å². The summed E-state index contributed by atoms with van der Waals surface area (Å²) in [6.45, 7) is 0.776. The minimum absolute atomic E-state index is 0.00303. The third-order valence-electron chi connectivity index (χ3n) is 9.48. The van der Waals surface area contributed by atoms with Crippen LogP contribution in [0.3, 0.4) is 0 Å². The van der Waals surface area contributed by atoms with Gasteiger partial charge in [0.2, 0.25) is 5.91 Å². The minimum atomic E-state index is -1.50. The van der Waals surface area contributed by atoms with E-state index in [2.05, 4.69) is 35.6 Å². The Hall–Kier alpha value is -4.08. The number of fused-ring (bicyclic) bond motifs is 4. The van der Waals surface area contributed by atoms with Crippen molar-refractivity contribution in [2.45, 2.75) is 61.5 Å². The first kappa shape index (κ1) is 26.5. The van der Waals surface area contributed by atoms with Crippen LogP contribution in [0.5, 0.6) is 0 Å². The van der Waals surface area contributed by atoms with Crippen LogP contribution >= 0.6 is 0 Å². The molecule has 2 fully saturated rings. The Morgan fingerprint density at radius 3 is 2.42 bits per heavy atom. The van der Waals surface area contributed by atoms with E-state index in [1.165, 1.54) is 0 Å². The first-order chi connectivity index (χ1) is 21.0. The van der Waals surface area contributed by atoms with Crippen molar-refractivity contribution in [3.8, 4) is 22.3 Å². The van der Waals surface area contributed by atoms with Gasteiger partial charge in [-0.3, -0.25) is 4.79 Å². The highest BCUT2D eigenvalue weighted by atomic mass is 32.2. The van der Waals surface area contributed by atoms with Crippen molar-refractivity contribution in [3.63, 3.8) is 0 Å². The summed E-state index contributed by atoms with van der Waals surface area (Å²) < 4.78 is 23.6. The van der Waals surface area contributed by atoms with Crippen LogP contribution in [0.4, 0.5) is 5.69 Å².